The van der Waals surface area contributed by atoms with Gasteiger partial charge in [-0.05, 0) is 30.5 Å². The van der Waals surface area contributed by atoms with E-state index >= 15 is 4.39 Å². The van der Waals surface area contributed by atoms with Crippen LogP contribution < -0.4 is 0 Å². The van der Waals surface area contributed by atoms with Crippen LogP contribution in [0.25, 0.3) is 0 Å². The minimum absolute atomic E-state index is 0.128. The average Bonchev–Trinajstić information content (AvgIpc) is 2.67. The van der Waals surface area contributed by atoms with E-state index in [0.29, 0.717) is 17.5 Å². The molecule has 0 saturated heterocycles. The molecule has 132 valence electrons. The van der Waals surface area contributed by atoms with E-state index in [0.717, 1.165) is 6.42 Å². The number of benzene rings is 2. The molecule has 1 atom stereocenters. The molecule has 0 spiro atoms. The van der Waals surface area contributed by atoms with Crippen LogP contribution in [-0.2, 0) is 15.2 Å². The Hall–Kier alpha value is -2.49. The van der Waals surface area contributed by atoms with Crippen molar-refractivity contribution in [2.75, 3.05) is 6.61 Å². The Labute approximate surface area is 147 Å². The molecule has 0 aliphatic rings. The largest absolute Gasteiger partial charge is 0.462 e. The van der Waals surface area contributed by atoms with Gasteiger partial charge in [-0.1, -0.05) is 61.9 Å². The lowest BCUT2D eigenvalue weighted by molar-refractivity contribution is -0.132. The number of carbonyl (C=O) groups is 2. The summed E-state index contributed by atoms with van der Waals surface area (Å²) in [7, 11) is 0. The van der Waals surface area contributed by atoms with Gasteiger partial charge in [0.1, 0.15) is 0 Å². The summed E-state index contributed by atoms with van der Waals surface area (Å²) in [6, 6.07) is 17.0. The van der Waals surface area contributed by atoms with Crippen LogP contribution in [0.5, 0.6) is 0 Å². The quantitative estimate of drug-likeness (QED) is 0.611. The highest BCUT2D eigenvalue weighted by molar-refractivity contribution is 5.90. The number of Topliss-reactive ketones (excluding diaryl/α,β-unsaturated/α-hetero) is 1. The van der Waals surface area contributed by atoms with Crippen molar-refractivity contribution in [1.82, 2.24) is 0 Å². The monoisotopic (exact) mass is 342 g/mol. The molecule has 1 unspecified atom stereocenters. The van der Waals surface area contributed by atoms with Crippen LogP contribution in [0.1, 0.15) is 48.5 Å². The maximum absolute atomic E-state index is 15.5. The molecule has 0 bridgehead atoms. The maximum Gasteiger partial charge on any atom is 0.338 e. The highest BCUT2D eigenvalue weighted by atomic mass is 19.1. The number of ether oxygens (including phenoxy) is 1. The molecule has 0 aromatic heterocycles. The van der Waals surface area contributed by atoms with Crippen molar-refractivity contribution in [1.29, 1.82) is 0 Å². The zero-order chi connectivity index (χ0) is 18.1. The van der Waals surface area contributed by atoms with Gasteiger partial charge in [0.05, 0.1) is 12.2 Å². The molecule has 0 N–H and O–H groups in total. The van der Waals surface area contributed by atoms with Crippen molar-refractivity contribution in [3.05, 3.63) is 71.8 Å². The topological polar surface area (TPSA) is 43.4 Å². The highest BCUT2D eigenvalue weighted by Gasteiger charge is 2.39. The Bertz CT molecular complexity index is 685. The fourth-order valence-electron chi connectivity index (χ4n) is 2.66. The number of hydrogen-bond donors (Lipinski definition) is 0. The number of hydrogen-bond acceptors (Lipinski definition) is 3. The lowest BCUT2D eigenvalue weighted by atomic mass is 9.85. The van der Waals surface area contributed by atoms with E-state index in [2.05, 4.69) is 0 Å². The average molecular weight is 342 g/mol. The van der Waals surface area contributed by atoms with Crippen LogP contribution in [0.2, 0.25) is 0 Å². The number of rotatable bonds is 9. The standard InChI is InChI=1S/C21H23FO3/c1-2-3-15-21(22,18-12-8-5-9-13-18)19(23)14-16-25-20(24)17-10-6-4-7-11-17/h4-13H,2-3,14-16H2,1H3. The molecule has 0 radical (unpaired) electrons. The van der Waals surface area contributed by atoms with Gasteiger partial charge >= 0.3 is 5.97 Å². The third kappa shape index (κ3) is 4.99. The van der Waals surface area contributed by atoms with E-state index in [-0.39, 0.29) is 19.4 Å². The van der Waals surface area contributed by atoms with Crippen molar-refractivity contribution in [3.63, 3.8) is 0 Å². The van der Waals surface area contributed by atoms with Crippen LogP contribution in [0.15, 0.2) is 60.7 Å². The molecule has 25 heavy (non-hydrogen) atoms. The number of ketones is 1. The third-order valence-electron chi connectivity index (χ3n) is 4.12. The van der Waals surface area contributed by atoms with Crippen LogP contribution >= 0.6 is 0 Å². The number of unbranched alkanes of at least 4 members (excludes halogenated alkanes) is 1. The first kappa shape index (κ1) is 18.8. The number of carbonyl (C=O) groups excluding carboxylic acids is 2. The Morgan fingerprint density at radius 1 is 1.00 bits per heavy atom. The smallest absolute Gasteiger partial charge is 0.338 e. The molecular formula is C21H23FO3. The summed E-state index contributed by atoms with van der Waals surface area (Å²) in [5.74, 6) is -1.06. The molecule has 2 rings (SSSR count). The van der Waals surface area contributed by atoms with Gasteiger partial charge in [-0.2, -0.15) is 0 Å². The van der Waals surface area contributed by atoms with Crippen LogP contribution in [0.4, 0.5) is 4.39 Å². The van der Waals surface area contributed by atoms with Crippen molar-refractivity contribution >= 4 is 11.8 Å². The molecule has 0 saturated carbocycles. The molecule has 0 amide bonds. The van der Waals surface area contributed by atoms with Crippen molar-refractivity contribution in [2.24, 2.45) is 0 Å². The fraction of sp³-hybridized carbons (Fsp3) is 0.333. The van der Waals surface area contributed by atoms with Gasteiger partial charge in [0, 0.05) is 6.42 Å². The highest BCUT2D eigenvalue weighted by Crippen LogP contribution is 2.34. The number of alkyl halides is 1. The van der Waals surface area contributed by atoms with Gasteiger partial charge in [-0.25, -0.2) is 9.18 Å². The van der Waals surface area contributed by atoms with E-state index in [1.807, 2.05) is 6.92 Å². The van der Waals surface area contributed by atoms with Crippen molar-refractivity contribution in [3.8, 4) is 0 Å². The van der Waals surface area contributed by atoms with E-state index in [9.17, 15) is 9.59 Å². The summed E-state index contributed by atoms with van der Waals surface area (Å²) < 4.78 is 20.6. The molecule has 2 aromatic carbocycles. The Morgan fingerprint density at radius 2 is 1.60 bits per heavy atom. The molecular weight excluding hydrogens is 319 g/mol. The molecule has 2 aromatic rings. The van der Waals surface area contributed by atoms with Gasteiger partial charge in [-0.15, -0.1) is 0 Å². The predicted molar refractivity (Wildman–Crippen MR) is 95.1 cm³/mol. The summed E-state index contributed by atoms with van der Waals surface area (Å²) in [6.07, 6.45) is 1.41. The van der Waals surface area contributed by atoms with Crippen molar-refractivity contribution < 1.29 is 18.7 Å². The number of halogens is 1. The molecule has 3 nitrogen and oxygen atoms in total. The SMILES string of the molecule is CCCCC(F)(C(=O)CCOC(=O)c1ccccc1)c1ccccc1. The summed E-state index contributed by atoms with van der Waals surface area (Å²) in [4.78, 5) is 24.4. The minimum atomic E-state index is -2.03. The van der Waals surface area contributed by atoms with Gasteiger partial charge in [0.2, 0.25) is 0 Å². The Morgan fingerprint density at radius 3 is 2.20 bits per heavy atom. The number of esters is 1. The maximum atomic E-state index is 15.5. The minimum Gasteiger partial charge on any atom is -0.462 e. The molecule has 0 aliphatic heterocycles. The van der Waals surface area contributed by atoms with E-state index in [4.69, 9.17) is 4.74 Å². The fourth-order valence-corrected chi connectivity index (χ4v) is 2.66. The van der Waals surface area contributed by atoms with Crippen LogP contribution in [0, 0.1) is 0 Å². The normalized spacial score (nSPS) is 13.0. The molecule has 4 heteroatoms. The molecule has 0 heterocycles. The van der Waals surface area contributed by atoms with Crippen LogP contribution in [0.3, 0.4) is 0 Å². The molecule has 0 aliphatic carbocycles. The summed E-state index contributed by atoms with van der Waals surface area (Å²) in [5.41, 5.74) is -1.26. The Kier molecular flexibility index (Phi) is 6.87. The van der Waals surface area contributed by atoms with Crippen LogP contribution in [-0.4, -0.2) is 18.4 Å². The lowest BCUT2D eigenvalue weighted by Crippen LogP contribution is -2.32. The second-order valence-electron chi connectivity index (χ2n) is 5.95. The van der Waals surface area contributed by atoms with E-state index in [1.165, 1.54) is 0 Å². The zero-order valence-corrected chi connectivity index (χ0v) is 14.4. The first-order chi connectivity index (χ1) is 12.1. The molecule has 0 fully saturated rings. The van der Waals surface area contributed by atoms with E-state index < -0.39 is 17.4 Å². The summed E-state index contributed by atoms with van der Waals surface area (Å²) >= 11 is 0. The zero-order valence-electron chi connectivity index (χ0n) is 14.4. The summed E-state index contributed by atoms with van der Waals surface area (Å²) in [6.45, 7) is 1.83. The van der Waals surface area contributed by atoms with E-state index in [1.54, 1.807) is 60.7 Å². The van der Waals surface area contributed by atoms with Gasteiger partial charge in [-0.3, -0.25) is 4.79 Å². The Balaban J connectivity index is 1.99. The van der Waals surface area contributed by atoms with Crippen molar-refractivity contribution in [2.45, 2.75) is 38.3 Å². The third-order valence-corrected chi connectivity index (χ3v) is 4.12. The first-order valence-electron chi connectivity index (χ1n) is 8.58. The predicted octanol–water partition coefficient (Wildman–Crippen LogP) is 4.86. The summed E-state index contributed by atoms with van der Waals surface area (Å²) in [5, 5.41) is 0. The second-order valence-corrected chi connectivity index (χ2v) is 5.95. The lowest BCUT2D eigenvalue weighted by Gasteiger charge is -2.24. The second kappa shape index (κ2) is 9.11. The van der Waals surface area contributed by atoms with Gasteiger partial charge in [0.15, 0.2) is 11.5 Å². The van der Waals surface area contributed by atoms with Gasteiger partial charge in [0.25, 0.3) is 0 Å². The first-order valence-corrected chi connectivity index (χ1v) is 8.58. The van der Waals surface area contributed by atoms with Gasteiger partial charge < -0.3 is 4.74 Å².